The topological polar surface area (TPSA) is 251 Å². The van der Waals surface area contributed by atoms with E-state index in [1.54, 1.807) is 19.1 Å². The lowest BCUT2D eigenvalue weighted by atomic mass is 9.83. The van der Waals surface area contributed by atoms with Crippen LogP contribution in [0.15, 0.2) is 36.1 Å². The molecule has 0 bridgehead atoms. The molecule has 1 aliphatic carbocycles. The fraction of sp³-hybridized carbons (Fsp3) is 0.667. The standard InChI is InChI=1S/C30H40O16/c1-12-17(33)8-15-16(27(40)41-7-6-13-2-4-14(32)5-3-13)10-42-28(20(12)15)46-30-26(39)24(37)22(35)19(45-30)11-43-29-25(38)23(36)21(34)18(9-31)44-29/h2-5,10,12,15,18-26,28-32,34-39H,6-9,11H2,1H3. The lowest BCUT2D eigenvalue weighted by molar-refractivity contribution is -0.354. The molecule has 3 fully saturated rings. The molecule has 3 heterocycles. The number of phenolic OH excluding ortho intramolecular Hbond substituents is 1. The van der Waals surface area contributed by atoms with Gasteiger partial charge in [-0.05, 0) is 17.7 Å². The van der Waals surface area contributed by atoms with Gasteiger partial charge in [0, 0.05) is 30.6 Å². The summed E-state index contributed by atoms with van der Waals surface area (Å²) in [6, 6.07) is 6.44. The number of ether oxygens (including phenoxy) is 6. The quantitative estimate of drug-likeness (QED) is 0.118. The highest BCUT2D eigenvalue weighted by molar-refractivity contribution is 5.93. The number of benzene rings is 1. The number of rotatable bonds is 10. The monoisotopic (exact) mass is 656 g/mol. The molecule has 8 N–H and O–H groups in total. The van der Waals surface area contributed by atoms with Crippen molar-refractivity contribution in [3.63, 3.8) is 0 Å². The van der Waals surface area contributed by atoms with Crippen LogP contribution in [0.25, 0.3) is 0 Å². The average molecular weight is 657 g/mol. The first-order valence-corrected chi connectivity index (χ1v) is 15.0. The van der Waals surface area contributed by atoms with Gasteiger partial charge in [0.2, 0.25) is 6.29 Å². The molecule has 5 rings (SSSR count). The fourth-order valence-corrected chi connectivity index (χ4v) is 6.19. The Kier molecular flexibility index (Phi) is 11.0. The number of aliphatic hydroxyl groups excluding tert-OH is 7. The number of hydrogen-bond donors (Lipinski definition) is 8. The van der Waals surface area contributed by atoms with Crippen LogP contribution in [-0.4, -0.2) is 140 Å². The van der Waals surface area contributed by atoms with Crippen LogP contribution in [0.1, 0.15) is 18.9 Å². The summed E-state index contributed by atoms with van der Waals surface area (Å²) < 4.78 is 33.5. The molecule has 14 atom stereocenters. The average Bonchev–Trinajstić information content (AvgIpc) is 3.35. The van der Waals surface area contributed by atoms with Gasteiger partial charge in [0.15, 0.2) is 12.6 Å². The van der Waals surface area contributed by atoms with Gasteiger partial charge < -0.3 is 69.3 Å². The molecule has 1 saturated carbocycles. The molecule has 0 amide bonds. The Bertz CT molecular complexity index is 1240. The second kappa shape index (κ2) is 14.6. The number of carbonyl (C=O) groups excluding carboxylic acids is 2. The van der Waals surface area contributed by atoms with Gasteiger partial charge in [0.05, 0.1) is 31.7 Å². The number of ketones is 1. The van der Waals surface area contributed by atoms with Crippen molar-refractivity contribution < 1.29 is 78.9 Å². The normalized spacial score (nSPS) is 41.0. The predicted molar refractivity (Wildman–Crippen MR) is 149 cm³/mol. The van der Waals surface area contributed by atoms with Gasteiger partial charge in [-0.3, -0.25) is 4.79 Å². The first-order valence-electron chi connectivity index (χ1n) is 15.0. The Balaban J connectivity index is 1.23. The number of Topliss-reactive ketones (excluding diaryl/α,β-unsaturated/α-hetero) is 1. The van der Waals surface area contributed by atoms with Crippen molar-refractivity contribution in [3.8, 4) is 5.75 Å². The van der Waals surface area contributed by atoms with E-state index in [0.29, 0.717) is 6.42 Å². The molecule has 256 valence electrons. The number of esters is 1. The summed E-state index contributed by atoms with van der Waals surface area (Å²) in [7, 11) is 0. The van der Waals surface area contributed by atoms with Gasteiger partial charge in [0.1, 0.15) is 60.4 Å². The van der Waals surface area contributed by atoms with Crippen LogP contribution >= 0.6 is 0 Å². The van der Waals surface area contributed by atoms with Crippen LogP contribution in [0, 0.1) is 17.8 Å². The highest BCUT2D eigenvalue weighted by Crippen LogP contribution is 2.46. The summed E-state index contributed by atoms with van der Waals surface area (Å²) in [4.78, 5) is 25.8. The predicted octanol–water partition coefficient (Wildman–Crippen LogP) is -2.80. The van der Waals surface area contributed by atoms with Crippen LogP contribution < -0.4 is 0 Å². The molecule has 46 heavy (non-hydrogen) atoms. The zero-order valence-electron chi connectivity index (χ0n) is 24.8. The van der Waals surface area contributed by atoms with Crippen LogP contribution in [0.5, 0.6) is 5.75 Å². The summed E-state index contributed by atoms with van der Waals surface area (Å²) >= 11 is 0. The summed E-state index contributed by atoms with van der Waals surface area (Å²) in [6.07, 6.45) is -15.8. The molecule has 0 spiro atoms. The molecule has 0 aromatic heterocycles. The summed E-state index contributed by atoms with van der Waals surface area (Å²) in [5, 5.41) is 80.8. The Morgan fingerprint density at radius 1 is 0.870 bits per heavy atom. The third-order valence-electron chi connectivity index (χ3n) is 9.02. The molecule has 16 heteroatoms. The molecule has 3 aliphatic heterocycles. The maximum atomic E-state index is 13.0. The van der Waals surface area contributed by atoms with E-state index in [-0.39, 0.29) is 30.1 Å². The second-order valence-electron chi connectivity index (χ2n) is 12.0. The number of hydrogen-bond acceptors (Lipinski definition) is 16. The zero-order chi connectivity index (χ0) is 33.3. The molecule has 2 saturated heterocycles. The lowest BCUT2D eigenvalue weighted by Gasteiger charge is -2.44. The maximum absolute atomic E-state index is 13.0. The van der Waals surface area contributed by atoms with Crippen molar-refractivity contribution in [2.45, 2.75) is 87.5 Å². The lowest BCUT2D eigenvalue weighted by Crippen LogP contribution is -2.62. The molecular weight excluding hydrogens is 616 g/mol. The van der Waals surface area contributed by atoms with Crippen molar-refractivity contribution in [3.05, 3.63) is 41.7 Å². The van der Waals surface area contributed by atoms with Crippen LogP contribution in [0.2, 0.25) is 0 Å². The number of fused-ring (bicyclic) bond motifs is 1. The first kappa shape index (κ1) is 34.6. The highest BCUT2D eigenvalue weighted by Gasteiger charge is 2.54. The Morgan fingerprint density at radius 3 is 2.17 bits per heavy atom. The smallest absolute Gasteiger partial charge is 0.337 e. The van der Waals surface area contributed by atoms with E-state index >= 15 is 0 Å². The van der Waals surface area contributed by atoms with Crippen molar-refractivity contribution in [2.24, 2.45) is 17.8 Å². The summed E-state index contributed by atoms with van der Waals surface area (Å²) in [5.74, 6) is -2.66. The van der Waals surface area contributed by atoms with Crippen molar-refractivity contribution in [2.75, 3.05) is 19.8 Å². The summed E-state index contributed by atoms with van der Waals surface area (Å²) in [6.45, 7) is 0.447. The van der Waals surface area contributed by atoms with Crippen molar-refractivity contribution >= 4 is 11.8 Å². The zero-order valence-corrected chi connectivity index (χ0v) is 24.8. The largest absolute Gasteiger partial charge is 0.508 e. The molecule has 4 aliphatic rings. The van der Waals surface area contributed by atoms with E-state index in [9.17, 15) is 50.4 Å². The van der Waals surface area contributed by atoms with E-state index in [2.05, 4.69) is 0 Å². The van der Waals surface area contributed by atoms with Gasteiger partial charge in [-0.1, -0.05) is 19.1 Å². The number of aliphatic hydroxyl groups is 7. The molecule has 1 aromatic rings. The van der Waals surface area contributed by atoms with Gasteiger partial charge in [-0.25, -0.2) is 4.79 Å². The molecule has 14 unspecified atom stereocenters. The van der Waals surface area contributed by atoms with Gasteiger partial charge in [-0.2, -0.15) is 0 Å². The maximum Gasteiger partial charge on any atom is 0.337 e. The van der Waals surface area contributed by atoms with Crippen LogP contribution in [0.3, 0.4) is 0 Å². The first-order chi connectivity index (χ1) is 21.9. The van der Waals surface area contributed by atoms with E-state index in [0.717, 1.165) is 11.8 Å². The Labute approximate surface area is 263 Å². The van der Waals surface area contributed by atoms with Gasteiger partial charge >= 0.3 is 5.97 Å². The minimum atomic E-state index is -1.79. The number of aromatic hydroxyl groups is 1. The minimum absolute atomic E-state index is 0.0128. The Morgan fingerprint density at radius 2 is 1.50 bits per heavy atom. The highest BCUT2D eigenvalue weighted by atomic mass is 16.8. The van der Waals surface area contributed by atoms with E-state index in [1.165, 1.54) is 12.1 Å². The third-order valence-corrected chi connectivity index (χ3v) is 9.02. The molecular formula is C30H40O16. The molecule has 0 radical (unpaired) electrons. The summed E-state index contributed by atoms with van der Waals surface area (Å²) in [5.41, 5.74) is 0.977. The van der Waals surface area contributed by atoms with Crippen LogP contribution in [-0.2, 0) is 44.4 Å². The Hall–Kier alpha value is -2.74. The number of phenols is 1. The second-order valence-corrected chi connectivity index (χ2v) is 12.0. The van der Waals surface area contributed by atoms with E-state index in [4.69, 9.17) is 28.4 Å². The third kappa shape index (κ3) is 7.07. The minimum Gasteiger partial charge on any atom is -0.508 e. The van der Waals surface area contributed by atoms with Gasteiger partial charge in [0.25, 0.3) is 0 Å². The molecule has 1 aromatic carbocycles. The molecule has 16 nitrogen and oxygen atoms in total. The van der Waals surface area contributed by atoms with Crippen LogP contribution in [0.4, 0.5) is 0 Å². The number of carbonyl (C=O) groups is 2. The SMILES string of the molecule is CC1C(=O)CC2C(C(=O)OCCc3ccc(O)cc3)=COC(OC3OC(COC4OC(CO)C(O)C(O)C4O)C(O)C(O)C3O)C12. The van der Waals surface area contributed by atoms with Crippen molar-refractivity contribution in [1.29, 1.82) is 0 Å². The van der Waals surface area contributed by atoms with E-state index in [1.807, 2.05) is 0 Å². The fourth-order valence-electron chi connectivity index (χ4n) is 6.19. The van der Waals surface area contributed by atoms with E-state index < -0.39 is 105 Å². The van der Waals surface area contributed by atoms with Gasteiger partial charge in [-0.15, -0.1) is 0 Å². The van der Waals surface area contributed by atoms with Crippen molar-refractivity contribution in [1.82, 2.24) is 0 Å².